The molecule has 4 amide bonds. The van der Waals surface area contributed by atoms with Crippen molar-refractivity contribution < 1.29 is 14.4 Å². The predicted octanol–water partition coefficient (Wildman–Crippen LogP) is 2.66. The van der Waals surface area contributed by atoms with E-state index in [0.717, 1.165) is 0 Å². The van der Waals surface area contributed by atoms with Crippen molar-refractivity contribution in [3.63, 3.8) is 0 Å². The minimum atomic E-state index is -1.10. The topological polar surface area (TPSA) is 80.5 Å². The number of carbonyl (C=O) groups is 3. The van der Waals surface area contributed by atoms with Gasteiger partial charge in [0.1, 0.15) is 0 Å². The first kappa shape index (κ1) is 15.4. The van der Waals surface area contributed by atoms with E-state index in [1.165, 1.54) is 0 Å². The van der Waals surface area contributed by atoms with Crippen LogP contribution in [0, 0.1) is 13.8 Å². The molecule has 0 aliphatic heterocycles. The molecule has 5 nitrogen and oxygen atoms in total. The Balaban J connectivity index is 2.46. The number of carbonyl (C=O) groups excluding carboxylic acids is 3. The maximum Gasteiger partial charge on any atom is 0.328 e. The second-order valence-corrected chi connectivity index (χ2v) is 4.91. The average Bonchev–Trinajstić information content (AvgIpc) is 2.47. The Morgan fingerprint density at radius 3 is 1.45 bits per heavy atom. The summed E-state index contributed by atoms with van der Waals surface area (Å²) in [4.78, 5) is 37.2. The van der Waals surface area contributed by atoms with Gasteiger partial charge in [-0.25, -0.2) is 4.79 Å². The number of rotatable bonds is 2. The first-order chi connectivity index (χ1) is 10.4. The van der Waals surface area contributed by atoms with Crippen LogP contribution in [-0.4, -0.2) is 22.7 Å². The number of hydrogen-bond acceptors (Lipinski definition) is 3. The molecule has 0 spiro atoms. The summed E-state index contributed by atoms with van der Waals surface area (Å²) in [6.07, 6.45) is 0. The normalized spacial score (nSPS) is 10.1. The molecule has 0 aliphatic carbocycles. The Morgan fingerprint density at radius 2 is 1.14 bits per heavy atom. The first-order valence-corrected chi connectivity index (χ1v) is 6.73. The highest BCUT2D eigenvalue weighted by Crippen LogP contribution is 2.15. The summed E-state index contributed by atoms with van der Waals surface area (Å²) in [5.74, 6) is -1.45. The molecular weight excluding hydrogens is 280 g/mol. The molecule has 112 valence electrons. The van der Waals surface area contributed by atoms with Gasteiger partial charge < -0.3 is 5.73 Å². The standard InChI is InChI=1S/C17H16N2O3/c1-11-7-3-5-9-13(11)15(20)19(17(18)22)16(21)14-10-6-4-8-12(14)2/h3-10H,1-2H3,(H2,18,22). The predicted molar refractivity (Wildman–Crippen MR) is 82.4 cm³/mol. The molecule has 2 aromatic rings. The van der Waals surface area contributed by atoms with E-state index in [1.807, 2.05) is 0 Å². The molecule has 2 N–H and O–H groups in total. The molecule has 0 fully saturated rings. The Kier molecular flexibility index (Phi) is 4.36. The van der Waals surface area contributed by atoms with E-state index in [-0.39, 0.29) is 11.1 Å². The van der Waals surface area contributed by atoms with Crippen molar-refractivity contribution in [2.45, 2.75) is 13.8 Å². The van der Waals surface area contributed by atoms with Gasteiger partial charge in [-0.2, -0.15) is 4.90 Å². The smallest absolute Gasteiger partial charge is 0.328 e. The van der Waals surface area contributed by atoms with Gasteiger partial charge >= 0.3 is 6.03 Å². The first-order valence-electron chi connectivity index (χ1n) is 6.73. The third kappa shape index (κ3) is 2.88. The Morgan fingerprint density at radius 1 is 0.773 bits per heavy atom. The third-order valence-corrected chi connectivity index (χ3v) is 3.38. The molecule has 0 atom stereocenters. The molecule has 0 heterocycles. The zero-order valence-electron chi connectivity index (χ0n) is 12.4. The number of nitrogens with two attached hydrogens (primary N) is 1. The SMILES string of the molecule is Cc1ccccc1C(=O)N(C(N)=O)C(=O)c1ccccc1C. The Labute approximate surface area is 128 Å². The lowest BCUT2D eigenvalue weighted by molar-refractivity contribution is 0.0674. The number of primary amides is 1. The minimum Gasteiger partial charge on any atom is -0.351 e. The highest BCUT2D eigenvalue weighted by molar-refractivity contribution is 6.20. The maximum atomic E-state index is 12.5. The summed E-state index contributed by atoms with van der Waals surface area (Å²) in [6, 6.07) is 12.3. The Hall–Kier alpha value is -2.95. The van der Waals surface area contributed by atoms with Gasteiger partial charge in [0.2, 0.25) is 0 Å². The second kappa shape index (κ2) is 6.22. The van der Waals surface area contributed by atoms with Crippen LogP contribution in [0.15, 0.2) is 48.5 Å². The lowest BCUT2D eigenvalue weighted by Crippen LogP contribution is -2.45. The monoisotopic (exact) mass is 296 g/mol. The van der Waals surface area contributed by atoms with Crippen LogP contribution in [0.25, 0.3) is 0 Å². The molecule has 2 aromatic carbocycles. The fourth-order valence-corrected chi connectivity index (χ4v) is 2.16. The maximum absolute atomic E-state index is 12.5. The van der Waals surface area contributed by atoms with Crippen LogP contribution in [-0.2, 0) is 0 Å². The van der Waals surface area contributed by atoms with Crippen LogP contribution < -0.4 is 5.73 Å². The molecule has 0 bridgehead atoms. The summed E-state index contributed by atoms with van der Waals surface area (Å²) in [5, 5.41) is 0. The van der Waals surface area contributed by atoms with Crippen molar-refractivity contribution in [2.75, 3.05) is 0 Å². The summed E-state index contributed by atoms with van der Waals surface area (Å²) >= 11 is 0. The van der Waals surface area contributed by atoms with Crippen LogP contribution in [0.4, 0.5) is 4.79 Å². The fraction of sp³-hybridized carbons (Fsp3) is 0.118. The van der Waals surface area contributed by atoms with Gasteiger partial charge in [-0.3, -0.25) is 9.59 Å². The number of urea groups is 1. The molecule has 0 saturated carbocycles. The van der Waals surface area contributed by atoms with E-state index in [1.54, 1.807) is 62.4 Å². The lowest BCUT2D eigenvalue weighted by atomic mass is 10.1. The van der Waals surface area contributed by atoms with Gasteiger partial charge in [0.05, 0.1) is 0 Å². The largest absolute Gasteiger partial charge is 0.351 e. The van der Waals surface area contributed by atoms with E-state index in [0.29, 0.717) is 16.0 Å². The number of amides is 4. The highest BCUT2D eigenvalue weighted by Gasteiger charge is 2.30. The van der Waals surface area contributed by atoms with Crippen LogP contribution in [0.5, 0.6) is 0 Å². The third-order valence-electron chi connectivity index (χ3n) is 3.38. The van der Waals surface area contributed by atoms with Gasteiger partial charge in [0.15, 0.2) is 0 Å². The van der Waals surface area contributed by atoms with Crippen molar-refractivity contribution >= 4 is 17.8 Å². The van der Waals surface area contributed by atoms with Gasteiger partial charge in [-0.15, -0.1) is 0 Å². The molecule has 0 radical (unpaired) electrons. The van der Waals surface area contributed by atoms with Crippen LogP contribution in [0.1, 0.15) is 31.8 Å². The van der Waals surface area contributed by atoms with Crippen molar-refractivity contribution in [1.82, 2.24) is 4.90 Å². The van der Waals surface area contributed by atoms with Gasteiger partial charge in [-0.1, -0.05) is 36.4 Å². The molecule has 0 aliphatic rings. The highest BCUT2D eigenvalue weighted by atomic mass is 16.2. The zero-order chi connectivity index (χ0) is 16.3. The van der Waals surface area contributed by atoms with E-state index in [9.17, 15) is 14.4 Å². The molecule has 0 unspecified atom stereocenters. The molecule has 0 saturated heterocycles. The van der Waals surface area contributed by atoms with E-state index < -0.39 is 17.8 Å². The van der Waals surface area contributed by atoms with Gasteiger partial charge in [0.25, 0.3) is 11.8 Å². The van der Waals surface area contributed by atoms with Crippen molar-refractivity contribution in [2.24, 2.45) is 5.73 Å². The van der Waals surface area contributed by atoms with E-state index >= 15 is 0 Å². The number of nitrogens with zero attached hydrogens (tertiary/aromatic N) is 1. The molecule has 22 heavy (non-hydrogen) atoms. The number of benzene rings is 2. The van der Waals surface area contributed by atoms with Crippen molar-refractivity contribution in [1.29, 1.82) is 0 Å². The number of hydrogen-bond donors (Lipinski definition) is 1. The quantitative estimate of drug-likeness (QED) is 0.865. The molecule has 0 aromatic heterocycles. The average molecular weight is 296 g/mol. The van der Waals surface area contributed by atoms with Crippen molar-refractivity contribution in [3.8, 4) is 0 Å². The summed E-state index contributed by atoms with van der Waals surface area (Å²) < 4.78 is 0. The number of imide groups is 3. The van der Waals surface area contributed by atoms with Crippen LogP contribution in [0.2, 0.25) is 0 Å². The zero-order valence-corrected chi connectivity index (χ0v) is 12.4. The van der Waals surface area contributed by atoms with Gasteiger partial charge in [-0.05, 0) is 37.1 Å². The molecule has 5 heteroatoms. The van der Waals surface area contributed by atoms with Crippen molar-refractivity contribution in [3.05, 3.63) is 70.8 Å². The summed E-state index contributed by atoms with van der Waals surface area (Å²) in [7, 11) is 0. The second-order valence-electron chi connectivity index (χ2n) is 4.91. The number of aryl methyl sites for hydroxylation is 2. The lowest BCUT2D eigenvalue weighted by Gasteiger charge is -2.18. The van der Waals surface area contributed by atoms with Crippen LogP contribution in [0.3, 0.4) is 0 Å². The minimum absolute atomic E-state index is 0.267. The van der Waals surface area contributed by atoms with E-state index in [4.69, 9.17) is 5.73 Å². The fourth-order valence-electron chi connectivity index (χ4n) is 2.16. The molecular formula is C17H16N2O3. The van der Waals surface area contributed by atoms with E-state index in [2.05, 4.69) is 0 Å². The Bertz CT molecular complexity index is 696. The van der Waals surface area contributed by atoms with Gasteiger partial charge in [0, 0.05) is 11.1 Å². The summed E-state index contributed by atoms with van der Waals surface area (Å²) in [6.45, 7) is 3.45. The van der Waals surface area contributed by atoms with Crippen LogP contribution >= 0.6 is 0 Å². The summed E-state index contributed by atoms with van der Waals surface area (Å²) in [5.41, 5.74) is 7.12. The molecule has 2 rings (SSSR count).